The Morgan fingerprint density at radius 1 is 1.17 bits per heavy atom. The SMILES string of the molecule is CCNC(=NCC1CN2CCN1CC2)N1CCSC(C(C)C)C1.I. The van der Waals surface area contributed by atoms with Crippen LogP contribution in [-0.4, -0.2) is 96.6 Å². The number of halogens is 1. The molecule has 0 aromatic carbocycles. The van der Waals surface area contributed by atoms with E-state index in [1.807, 2.05) is 0 Å². The molecule has 4 fully saturated rings. The Hall–Kier alpha value is 0.270. The second kappa shape index (κ2) is 9.83. The van der Waals surface area contributed by atoms with Gasteiger partial charge in [0.05, 0.1) is 6.54 Å². The molecule has 1 N–H and O–H groups in total. The van der Waals surface area contributed by atoms with Gasteiger partial charge in [-0.2, -0.15) is 11.8 Å². The van der Waals surface area contributed by atoms with E-state index in [2.05, 4.69) is 52.5 Å². The van der Waals surface area contributed by atoms with Gasteiger partial charge in [0, 0.05) is 69.4 Å². The predicted molar refractivity (Wildman–Crippen MR) is 116 cm³/mol. The summed E-state index contributed by atoms with van der Waals surface area (Å²) in [5.41, 5.74) is 0. The average Bonchev–Trinajstić information content (AvgIpc) is 2.59. The first kappa shape index (κ1) is 20.6. The Kier molecular flexibility index (Phi) is 8.43. The van der Waals surface area contributed by atoms with Crippen molar-refractivity contribution in [2.45, 2.75) is 32.1 Å². The highest BCUT2D eigenvalue weighted by atomic mass is 127. The fraction of sp³-hybridized carbons (Fsp3) is 0.941. The molecule has 0 amide bonds. The zero-order chi connectivity index (χ0) is 16.2. The molecule has 0 aliphatic carbocycles. The third-order valence-electron chi connectivity index (χ3n) is 5.32. The highest BCUT2D eigenvalue weighted by Gasteiger charge is 2.32. The van der Waals surface area contributed by atoms with Crippen molar-refractivity contribution >= 4 is 41.7 Å². The Morgan fingerprint density at radius 3 is 2.50 bits per heavy atom. The van der Waals surface area contributed by atoms with Crippen molar-refractivity contribution in [3.63, 3.8) is 0 Å². The highest BCUT2D eigenvalue weighted by molar-refractivity contribution is 14.0. The lowest BCUT2D eigenvalue weighted by Crippen LogP contribution is -2.62. The third-order valence-corrected chi connectivity index (χ3v) is 6.86. The van der Waals surface area contributed by atoms with Crippen LogP contribution < -0.4 is 5.32 Å². The molecule has 4 heterocycles. The standard InChI is InChI=1S/C17H33N5S.HI/c1-4-18-17(22-9-10-23-16(13-22)14(2)3)19-11-15-12-20-5-7-21(15)8-6-20;/h14-16H,4-13H2,1-3H3,(H,18,19);1H. The van der Waals surface area contributed by atoms with Crippen LogP contribution in [0.15, 0.2) is 4.99 Å². The predicted octanol–water partition coefficient (Wildman–Crippen LogP) is 1.64. The van der Waals surface area contributed by atoms with Crippen molar-refractivity contribution in [1.29, 1.82) is 0 Å². The van der Waals surface area contributed by atoms with E-state index in [0.717, 1.165) is 43.3 Å². The van der Waals surface area contributed by atoms with Gasteiger partial charge in [-0.3, -0.25) is 14.8 Å². The molecule has 0 aromatic heterocycles. The normalized spacial score (nSPS) is 33.5. The van der Waals surface area contributed by atoms with Crippen molar-refractivity contribution < 1.29 is 0 Å². The summed E-state index contributed by atoms with van der Waals surface area (Å²) in [5.74, 6) is 3.09. The number of thioether (sulfide) groups is 1. The maximum absolute atomic E-state index is 5.03. The molecule has 2 atom stereocenters. The van der Waals surface area contributed by atoms with Gasteiger partial charge in [0.25, 0.3) is 0 Å². The van der Waals surface area contributed by atoms with E-state index in [-0.39, 0.29) is 24.0 Å². The number of fused-ring (bicyclic) bond motifs is 3. The molecule has 4 aliphatic rings. The number of rotatable bonds is 4. The lowest BCUT2D eigenvalue weighted by atomic mass is 10.1. The maximum atomic E-state index is 5.03. The van der Waals surface area contributed by atoms with Gasteiger partial charge in [-0.25, -0.2) is 0 Å². The van der Waals surface area contributed by atoms with Crippen molar-refractivity contribution in [2.75, 3.05) is 64.7 Å². The number of hydrogen-bond donors (Lipinski definition) is 1. The molecule has 0 aromatic rings. The molecular formula is C17H34IN5S. The van der Waals surface area contributed by atoms with Crippen molar-refractivity contribution in [3.05, 3.63) is 0 Å². The first-order valence-corrected chi connectivity index (χ1v) is 10.3. The molecule has 4 aliphatic heterocycles. The van der Waals surface area contributed by atoms with Crippen LogP contribution >= 0.6 is 35.7 Å². The number of nitrogens with one attached hydrogen (secondary N) is 1. The van der Waals surface area contributed by atoms with Crippen molar-refractivity contribution in [2.24, 2.45) is 10.9 Å². The number of piperazine rings is 3. The van der Waals surface area contributed by atoms with Gasteiger partial charge in [-0.15, -0.1) is 24.0 Å². The first-order valence-electron chi connectivity index (χ1n) is 9.28. The zero-order valence-corrected chi connectivity index (χ0v) is 18.6. The molecular weight excluding hydrogens is 433 g/mol. The fourth-order valence-corrected chi connectivity index (χ4v) is 5.09. The summed E-state index contributed by atoms with van der Waals surface area (Å²) in [4.78, 5) is 12.7. The first-order chi connectivity index (χ1) is 11.2. The van der Waals surface area contributed by atoms with E-state index < -0.39 is 0 Å². The monoisotopic (exact) mass is 467 g/mol. The summed E-state index contributed by atoms with van der Waals surface area (Å²) in [6.45, 7) is 17.2. The Balaban J connectivity index is 0.00000208. The van der Waals surface area contributed by atoms with Gasteiger partial charge in [-0.05, 0) is 12.8 Å². The topological polar surface area (TPSA) is 34.1 Å². The number of nitrogens with zero attached hydrogens (tertiary/aromatic N) is 4. The zero-order valence-electron chi connectivity index (χ0n) is 15.4. The molecule has 5 nitrogen and oxygen atoms in total. The molecule has 2 unspecified atom stereocenters. The number of aliphatic imine (C=N–C) groups is 1. The summed E-state index contributed by atoms with van der Waals surface area (Å²) < 4.78 is 0. The van der Waals surface area contributed by atoms with Crippen molar-refractivity contribution in [3.8, 4) is 0 Å². The van der Waals surface area contributed by atoms with E-state index in [0.29, 0.717) is 6.04 Å². The Bertz CT molecular complexity index is 412. The van der Waals surface area contributed by atoms with Gasteiger partial charge in [0.2, 0.25) is 0 Å². The summed E-state index contributed by atoms with van der Waals surface area (Å²) in [6, 6.07) is 0.617. The lowest BCUT2D eigenvalue weighted by molar-refractivity contribution is 0.0173. The highest BCUT2D eigenvalue weighted by Crippen LogP contribution is 2.25. The summed E-state index contributed by atoms with van der Waals surface area (Å²) in [5, 5.41) is 4.26. The second-order valence-corrected chi connectivity index (χ2v) is 8.63. The van der Waals surface area contributed by atoms with Crippen LogP contribution in [0.5, 0.6) is 0 Å². The van der Waals surface area contributed by atoms with E-state index in [1.165, 1.54) is 38.5 Å². The quantitative estimate of drug-likeness (QED) is 0.387. The smallest absolute Gasteiger partial charge is 0.194 e. The van der Waals surface area contributed by atoms with Gasteiger partial charge in [0.1, 0.15) is 0 Å². The van der Waals surface area contributed by atoms with Crippen LogP contribution in [-0.2, 0) is 0 Å². The van der Waals surface area contributed by atoms with Crippen LogP contribution in [0.4, 0.5) is 0 Å². The number of hydrogen-bond acceptors (Lipinski definition) is 4. The third kappa shape index (κ3) is 5.14. The van der Waals surface area contributed by atoms with Crippen LogP contribution in [0.2, 0.25) is 0 Å². The molecule has 0 saturated carbocycles. The number of guanidine groups is 1. The van der Waals surface area contributed by atoms with Crippen LogP contribution in [0.3, 0.4) is 0 Å². The largest absolute Gasteiger partial charge is 0.357 e. The lowest BCUT2D eigenvalue weighted by Gasteiger charge is -2.47. The fourth-order valence-electron chi connectivity index (χ4n) is 3.79. The summed E-state index contributed by atoms with van der Waals surface area (Å²) in [7, 11) is 0. The molecule has 0 radical (unpaired) electrons. The molecule has 7 heteroatoms. The molecule has 0 spiro atoms. The molecule has 2 bridgehead atoms. The van der Waals surface area contributed by atoms with Gasteiger partial charge < -0.3 is 10.2 Å². The molecule has 140 valence electrons. The second-order valence-electron chi connectivity index (χ2n) is 7.28. The van der Waals surface area contributed by atoms with Crippen LogP contribution in [0.1, 0.15) is 20.8 Å². The van der Waals surface area contributed by atoms with E-state index in [9.17, 15) is 0 Å². The maximum Gasteiger partial charge on any atom is 0.194 e. The van der Waals surface area contributed by atoms with E-state index in [1.54, 1.807) is 0 Å². The van der Waals surface area contributed by atoms with Crippen LogP contribution in [0, 0.1) is 5.92 Å². The minimum Gasteiger partial charge on any atom is -0.357 e. The van der Waals surface area contributed by atoms with Gasteiger partial charge in [-0.1, -0.05) is 13.8 Å². The Morgan fingerprint density at radius 2 is 1.92 bits per heavy atom. The van der Waals surface area contributed by atoms with E-state index >= 15 is 0 Å². The molecule has 4 saturated heterocycles. The minimum atomic E-state index is 0. The summed E-state index contributed by atoms with van der Waals surface area (Å²) in [6.07, 6.45) is 0. The Labute approximate surface area is 169 Å². The van der Waals surface area contributed by atoms with Crippen LogP contribution in [0.25, 0.3) is 0 Å². The van der Waals surface area contributed by atoms with E-state index in [4.69, 9.17) is 4.99 Å². The molecule has 24 heavy (non-hydrogen) atoms. The minimum absolute atomic E-state index is 0. The van der Waals surface area contributed by atoms with Gasteiger partial charge >= 0.3 is 0 Å². The molecule has 4 rings (SSSR count). The average molecular weight is 467 g/mol. The summed E-state index contributed by atoms with van der Waals surface area (Å²) >= 11 is 2.13. The van der Waals surface area contributed by atoms with Crippen molar-refractivity contribution in [1.82, 2.24) is 20.0 Å². The van der Waals surface area contributed by atoms with Gasteiger partial charge in [0.15, 0.2) is 5.96 Å².